The largest absolute Gasteiger partial charge is 0.383 e. The Morgan fingerprint density at radius 3 is 2.44 bits per heavy atom. The predicted octanol–water partition coefficient (Wildman–Crippen LogP) is 4.76. The maximum atomic E-state index is 14.2. The van der Waals surface area contributed by atoms with Crippen molar-refractivity contribution in [3.8, 4) is 28.5 Å². The lowest BCUT2D eigenvalue weighted by Crippen LogP contribution is -2.01. The summed E-state index contributed by atoms with van der Waals surface area (Å²) in [5, 5.41) is 9.39. The monoisotopic (exact) mass is 335 g/mol. The molecule has 0 aliphatic heterocycles. The van der Waals surface area contributed by atoms with Crippen LogP contribution in [0.15, 0.2) is 42.5 Å². The van der Waals surface area contributed by atoms with E-state index in [1.165, 1.54) is 0 Å². The van der Waals surface area contributed by atoms with Gasteiger partial charge in [0.15, 0.2) is 0 Å². The average Bonchev–Trinajstić information content (AvgIpc) is 2.58. The minimum atomic E-state index is -0.629. The smallest absolute Gasteiger partial charge is 0.142 e. The van der Waals surface area contributed by atoms with Crippen molar-refractivity contribution in [2.45, 2.75) is 13.8 Å². The number of pyridine rings is 1. The molecule has 0 amide bonds. The van der Waals surface area contributed by atoms with Crippen LogP contribution in [0.1, 0.15) is 16.7 Å². The Hall–Kier alpha value is -3.26. The summed E-state index contributed by atoms with van der Waals surface area (Å²) < 4.78 is 27.9. The van der Waals surface area contributed by atoms with Crippen LogP contribution in [0.5, 0.6) is 0 Å². The van der Waals surface area contributed by atoms with Gasteiger partial charge >= 0.3 is 0 Å². The Labute approximate surface area is 144 Å². The summed E-state index contributed by atoms with van der Waals surface area (Å²) in [5.41, 5.74) is 9.50. The zero-order valence-electron chi connectivity index (χ0n) is 13.8. The number of nitriles is 1. The van der Waals surface area contributed by atoms with Gasteiger partial charge in [-0.1, -0.05) is 17.7 Å². The highest BCUT2D eigenvalue weighted by atomic mass is 19.1. The number of nitrogens with zero attached hydrogens (tertiary/aromatic N) is 2. The van der Waals surface area contributed by atoms with E-state index in [0.717, 1.165) is 34.9 Å². The van der Waals surface area contributed by atoms with Gasteiger partial charge in [-0.3, -0.25) is 0 Å². The number of halogens is 2. The van der Waals surface area contributed by atoms with Crippen molar-refractivity contribution >= 4 is 5.82 Å². The molecule has 5 heteroatoms. The van der Waals surface area contributed by atoms with Gasteiger partial charge in [0, 0.05) is 16.7 Å². The van der Waals surface area contributed by atoms with Crippen molar-refractivity contribution in [1.29, 1.82) is 5.26 Å². The number of hydrogen-bond acceptors (Lipinski definition) is 3. The van der Waals surface area contributed by atoms with E-state index in [1.54, 1.807) is 6.07 Å². The fraction of sp³-hybridized carbons (Fsp3) is 0.100. The third kappa shape index (κ3) is 3.07. The minimum absolute atomic E-state index is 0.0143. The molecule has 0 spiro atoms. The number of hydrogen-bond donors (Lipinski definition) is 1. The van der Waals surface area contributed by atoms with Gasteiger partial charge in [0.1, 0.15) is 29.1 Å². The van der Waals surface area contributed by atoms with Gasteiger partial charge in [0.2, 0.25) is 0 Å². The van der Waals surface area contributed by atoms with Gasteiger partial charge < -0.3 is 5.73 Å². The molecule has 124 valence electrons. The molecule has 3 rings (SSSR count). The summed E-state index contributed by atoms with van der Waals surface area (Å²) in [6, 6.07) is 12.5. The molecule has 25 heavy (non-hydrogen) atoms. The van der Waals surface area contributed by atoms with Gasteiger partial charge in [-0.15, -0.1) is 0 Å². The van der Waals surface area contributed by atoms with Crippen molar-refractivity contribution in [2.24, 2.45) is 0 Å². The van der Waals surface area contributed by atoms with E-state index in [4.69, 9.17) is 5.73 Å². The first-order valence-electron chi connectivity index (χ1n) is 7.64. The molecule has 0 fully saturated rings. The Kier molecular flexibility index (Phi) is 4.20. The summed E-state index contributed by atoms with van der Waals surface area (Å²) in [5.74, 6) is -1.24. The third-order valence-corrected chi connectivity index (χ3v) is 4.05. The van der Waals surface area contributed by atoms with Crippen molar-refractivity contribution in [3.63, 3.8) is 0 Å². The van der Waals surface area contributed by atoms with Crippen molar-refractivity contribution in [3.05, 3.63) is 70.8 Å². The molecule has 0 radical (unpaired) electrons. The highest BCUT2D eigenvalue weighted by Crippen LogP contribution is 2.34. The number of rotatable bonds is 2. The quantitative estimate of drug-likeness (QED) is 0.734. The van der Waals surface area contributed by atoms with Crippen LogP contribution in [0.4, 0.5) is 14.6 Å². The molecule has 0 aliphatic carbocycles. The van der Waals surface area contributed by atoms with Crippen LogP contribution < -0.4 is 5.73 Å². The fourth-order valence-corrected chi connectivity index (χ4v) is 2.75. The first-order valence-corrected chi connectivity index (χ1v) is 7.64. The van der Waals surface area contributed by atoms with Crippen LogP contribution >= 0.6 is 0 Å². The molecule has 1 heterocycles. The maximum absolute atomic E-state index is 14.2. The van der Waals surface area contributed by atoms with E-state index < -0.39 is 11.6 Å². The molecule has 0 saturated carbocycles. The molecular weight excluding hydrogens is 320 g/mol. The van der Waals surface area contributed by atoms with Gasteiger partial charge in [-0.05, 0) is 49.7 Å². The van der Waals surface area contributed by atoms with Crippen molar-refractivity contribution < 1.29 is 8.78 Å². The highest BCUT2D eigenvalue weighted by Gasteiger charge is 2.17. The number of aryl methyl sites for hydroxylation is 2. The average molecular weight is 335 g/mol. The zero-order valence-corrected chi connectivity index (χ0v) is 13.8. The van der Waals surface area contributed by atoms with Crippen LogP contribution in [0.25, 0.3) is 22.4 Å². The number of nitrogen functional groups attached to an aromatic ring is 1. The Balaban J connectivity index is 2.32. The van der Waals surface area contributed by atoms with Gasteiger partial charge in [0.25, 0.3) is 0 Å². The SMILES string of the molecule is Cc1ccc(C)c(-c2cc(-c3cc(F)ccc3F)c(C#N)c(N)n2)c1. The van der Waals surface area contributed by atoms with Crippen LogP contribution in [-0.2, 0) is 0 Å². The maximum Gasteiger partial charge on any atom is 0.142 e. The molecule has 3 nitrogen and oxygen atoms in total. The Bertz CT molecular complexity index is 1020. The second-order valence-corrected chi connectivity index (χ2v) is 5.87. The van der Waals surface area contributed by atoms with Crippen molar-refractivity contribution in [2.75, 3.05) is 5.73 Å². The van der Waals surface area contributed by atoms with Gasteiger partial charge in [0.05, 0.1) is 5.69 Å². The Morgan fingerprint density at radius 1 is 0.960 bits per heavy atom. The van der Waals surface area contributed by atoms with E-state index in [2.05, 4.69) is 4.98 Å². The van der Waals surface area contributed by atoms with E-state index >= 15 is 0 Å². The van der Waals surface area contributed by atoms with E-state index in [-0.39, 0.29) is 22.5 Å². The second-order valence-electron chi connectivity index (χ2n) is 5.87. The zero-order chi connectivity index (χ0) is 18.1. The summed E-state index contributed by atoms with van der Waals surface area (Å²) in [6.45, 7) is 3.87. The fourth-order valence-electron chi connectivity index (χ4n) is 2.75. The molecule has 0 saturated heterocycles. The lowest BCUT2D eigenvalue weighted by molar-refractivity contribution is 0.603. The molecule has 0 atom stereocenters. The molecule has 0 bridgehead atoms. The van der Waals surface area contributed by atoms with E-state index in [0.29, 0.717) is 5.69 Å². The standard InChI is InChI=1S/C20H15F2N3/c1-11-3-4-12(2)14(7-11)19-9-15(17(10-23)20(24)25-19)16-8-13(21)5-6-18(16)22/h3-9H,1-2H3,(H2,24,25). The third-order valence-electron chi connectivity index (χ3n) is 4.05. The first-order chi connectivity index (χ1) is 11.9. The van der Waals surface area contributed by atoms with Crippen LogP contribution in [0, 0.1) is 36.8 Å². The molecule has 0 unspecified atom stereocenters. The molecular formula is C20H15F2N3. The molecule has 3 aromatic rings. The molecule has 1 aromatic heterocycles. The number of aromatic nitrogens is 1. The topological polar surface area (TPSA) is 62.7 Å². The lowest BCUT2D eigenvalue weighted by atomic mass is 9.96. The molecule has 0 aliphatic rings. The van der Waals surface area contributed by atoms with Crippen molar-refractivity contribution in [1.82, 2.24) is 4.98 Å². The second kappa shape index (κ2) is 6.33. The molecule has 2 N–H and O–H groups in total. The highest BCUT2D eigenvalue weighted by molar-refractivity contribution is 5.81. The number of anilines is 1. The summed E-state index contributed by atoms with van der Waals surface area (Å²) in [7, 11) is 0. The summed E-state index contributed by atoms with van der Waals surface area (Å²) in [4.78, 5) is 4.29. The summed E-state index contributed by atoms with van der Waals surface area (Å²) >= 11 is 0. The number of benzene rings is 2. The van der Waals surface area contributed by atoms with Gasteiger partial charge in [-0.2, -0.15) is 5.26 Å². The first kappa shape index (κ1) is 16.6. The van der Waals surface area contributed by atoms with E-state index in [1.807, 2.05) is 38.1 Å². The van der Waals surface area contributed by atoms with Crippen LogP contribution in [0.3, 0.4) is 0 Å². The normalized spacial score (nSPS) is 10.5. The Morgan fingerprint density at radius 2 is 1.72 bits per heavy atom. The molecule has 2 aromatic carbocycles. The summed E-state index contributed by atoms with van der Waals surface area (Å²) in [6.07, 6.45) is 0. The van der Waals surface area contributed by atoms with E-state index in [9.17, 15) is 14.0 Å². The van der Waals surface area contributed by atoms with Gasteiger partial charge in [-0.25, -0.2) is 13.8 Å². The van der Waals surface area contributed by atoms with Crippen LogP contribution in [0.2, 0.25) is 0 Å². The predicted molar refractivity (Wildman–Crippen MR) is 93.6 cm³/mol. The van der Waals surface area contributed by atoms with Crippen LogP contribution in [-0.4, -0.2) is 4.98 Å². The minimum Gasteiger partial charge on any atom is -0.383 e. The lowest BCUT2D eigenvalue weighted by Gasteiger charge is -2.13. The number of nitrogens with two attached hydrogens (primary N) is 1.